The van der Waals surface area contributed by atoms with Crippen molar-refractivity contribution in [2.45, 2.75) is 18.9 Å². The monoisotopic (exact) mass is 340 g/mol. The molecule has 1 fully saturated rings. The third-order valence-corrected chi connectivity index (χ3v) is 3.82. The number of nitrogens with zero attached hydrogens (tertiary/aromatic N) is 1. The van der Waals surface area contributed by atoms with Crippen molar-refractivity contribution in [1.82, 2.24) is 4.57 Å². The maximum atomic E-state index is 13.7. The van der Waals surface area contributed by atoms with E-state index in [1.54, 1.807) is 12.1 Å². The molecule has 0 radical (unpaired) electrons. The summed E-state index contributed by atoms with van der Waals surface area (Å²) in [6, 6.07) is 5.73. The van der Waals surface area contributed by atoms with Crippen molar-refractivity contribution in [1.29, 1.82) is 0 Å². The highest BCUT2D eigenvalue weighted by atomic mass is 79.9. The van der Waals surface area contributed by atoms with E-state index < -0.39 is 17.5 Å². The predicted molar refractivity (Wildman–Crippen MR) is 74.7 cm³/mol. The fraction of sp³-hybridized carbons (Fsp3) is 0.214. The Morgan fingerprint density at radius 1 is 1.30 bits per heavy atom. The van der Waals surface area contributed by atoms with Gasteiger partial charge in [-0.25, -0.2) is 8.78 Å². The van der Waals surface area contributed by atoms with Crippen LogP contribution in [-0.2, 0) is 0 Å². The highest BCUT2D eigenvalue weighted by Crippen LogP contribution is 2.36. The van der Waals surface area contributed by atoms with Gasteiger partial charge in [-0.3, -0.25) is 4.79 Å². The number of hydrogen-bond acceptors (Lipinski definition) is 1. The van der Waals surface area contributed by atoms with E-state index in [0.717, 1.165) is 25.0 Å². The number of aromatic nitrogens is 1. The Kier molecular flexibility index (Phi) is 3.33. The number of anilines is 1. The van der Waals surface area contributed by atoms with Crippen molar-refractivity contribution in [3.63, 3.8) is 0 Å². The van der Waals surface area contributed by atoms with Crippen LogP contribution >= 0.6 is 15.9 Å². The summed E-state index contributed by atoms with van der Waals surface area (Å²) in [6.45, 7) is 0. The van der Waals surface area contributed by atoms with Crippen LogP contribution in [0.15, 0.2) is 34.9 Å². The third-order valence-electron chi connectivity index (χ3n) is 3.21. The van der Waals surface area contributed by atoms with Crippen LogP contribution in [0.4, 0.5) is 14.5 Å². The molecule has 1 saturated carbocycles. The molecule has 2 aromatic rings. The largest absolute Gasteiger partial charge is 0.340 e. The van der Waals surface area contributed by atoms with Crippen molar-refractivity contribution < 1.29 is 13.6 Å². The van der Waals surface area contributed by atoms with Gasteiger partial charge >= 0.3 is 0 Å². The zero-order chi connectivity index (χ0) is 14.3. The average molecular weight is 341 g/mol. The van der Waals surface area contributed by atoms with Crippen LogP contribution in [-0.4, -0.2) is 10.5 Å². The zero-order valence-corrected chi connectivity index (χ0v) is 12.0. The highest BCUT2D eigenvalue weighted by molar-refractivity contribution is 9.10. The van der Waals surface area contributed by atoms with Crippen LogP contribution in [0, 0.1) is 11.6 Å². The Bertz CT molecular complexity index is 680. The van der Waals surface area contributed by atoms with Gasteiger partial charge in [-0.1, -0.05) is 0 Å². The summed E-state index contributed by atoms with van der Waals surface area (Å²) < 4.78 is 29.0. The van der Waals surface area contributed by atoms with Crippen molar-refractivity contribution in [2.24, 2.45) is 0 Å². The lowest BCUT2D eigenvalue weighted by atomic mass is 10.2. The Balaban J connectivity index is 1.85. The van der Waals surface area contributed by atoms with Crippen molar-refractivity contribution in [3.05, 3.63) is 52.3 Å². The Morgan fingerprint density at radius 3 is 2.75 bits per heavy atom. The molecular formula is C14H11BrF2N2O. The first-order chi connectivity index (χ1) is 9.56. The summed E-state index contributed by atoms with van der Waals surface area (Å²) in [6.07, 6.45) is 3.90. The molecule has 3 nitrogen and oxygen atoms in total. The lowest BCUT2D eigenvalue weighted by Crippen LogP contribution is -2.17. The molecule has 1 aromatic carbocycles. The molecule has 1 aromatic heterocycles. The Labute approximate surface area is 122 Å². The normalized spacial score (nSPS) is 14.3. The number of halogens is 3. The summed E-state index contributed by atoms with van der Waals surface area (Å²) in [5, 5.41) is 2.41. The van der Waals surface area contributed by atoms with E-state index in [2.05, 4.69) is 21.2 Å². The van der Waals surface area contributed by atoms with Gasteiger partial charge in [0, 0.05) is 18.3 Å². The molecule has 104 valence electrons. The summed E-state index contributed by atoms with van der Waals surface area (Å²) >= 11 is 2.89. The van der Waals surface area contributed by atoms with Gasteiger partial charge in [0.25, 0.3) is 5.91 Å². The number of carbonyl (C=O) groups is 1. The highest BCUT2D eigenvalue weighted by Gasteiger charge is 2.27. The van der Waals surface area contributed by atoms with Gasteiger partial charge in [0.15, 0.2) is 0 Å². The van der Waals surface area contributed by atoms with Crippen molar-refractivity contribution in [3.8, 4) is 0 Å². The minimum Gasteiger partial charge on any atom is -0.340 e. The second-order valence-corrected chi connectivity index (χ2v) is 5.59. The lowest BCUT2D eigenvalue weighted by molar-refractivity contribution is 0.101. The molecule has 0 aliphatic heterocycles. The molecule has 1 aliphatic rings. The van der Waals surface area contributed by atoms with E-state index in [-0.39, 0.29) is 10.2 Å². The molecule has 1 N–H and O–H groups in total. The van der Waals surface area contributed by atoms with E-state index in [1.807, 2.05) is 10.8 Å². The molecule has 0 atom stereocenters. The standard InChI is InChI=1S/C14H11BrF2N2O/c15-9-6-11(17)12(7-10(9)16)18-14(20)13-2-1-5-19(13)8-3-4-8/h1-2,5-8H,3-4H2,(H,18,20). The Hall–Kier alpha value is -1.69. The number of carbonyl (C=O) groups excluding carboxylic acids is 1. The van der Waals surface area contributed by atoms with E-state index in [0.29, 0.717) is 11.7 Å². The maximum Gasteiger partial charge on any atom is 0.272 e. The second-order valence-electron chi connectivity index (χ2n) is 4.73. The first-order valence-electron chi connectivity index (χ1n) is 6.19. The SMILES string of the molecule is O=C(Nc1cc(F)c(Br)cc1F)c1cccn1C1CC1. The molecular weight excluding hydrogens is 330 g/mol. The molecule has 20 heavy (non-hydrogen) atoms. The smallest absolute Gasteiger partial charge is 0.272 e. The summed E-state index contributed by atoms with van der Waals surface area (Å²) in [7, 11) is 0. The molecule has 1 heterocycles. The van der Waals surface area contributed by atoms with Gasteiger partial charge in [0.2, 0.25) is 0 Å². The molecule has 0 unspecified atom stereocenters. The first kappa shape index (κ1) is 13.3. The number of nitrogens with one attached hydrogen (secondary N) is 1. The first-order valence-corrected chi connectivity index (χ1v) is 6.98. The number of amides is 1. The zero-order valence-electron chi connectivity index (χ0n) is 10.4. The van der Waals surface area contributed by atoms with Gasteiger partial charge in [-0.15, -0.1) is 0 Å². The molecule has 0 saturated heterocycles. The third kappa shape index (κ3) is 2.47. The van der Waals surface area contributed by atoms with Crippen LogP contribution in [0.25, 0.3) is 0 Å². The van der Waals surface area contributed by atoms with Crippen molar-refractivity contribution in [2.75, 3.05) is 5.32 Å². The summed E-state index contributed by atoms with van der Waals surface area (Å²) in [5.41, 5.74) is 0.287. The topological polar surface area (TPSA) is 34.0 Å². The quantitative estimate of drug-likeness (QED) is 0.838. The van der Waals surface area contributed by atoms with Crippen LogP contribution < -0.4 is 5.32 Å². The van der Waals surface area contributed by atoms with E-state index in [4.69, 9.17) is 0 Å². The van der Waals surface area contributed by atoms with Crippen LogP contribution in [0.5, 0.6) is 0 Å². The summed E-state index contributed by atoms with van der Waals surface area (Å²) in [4.78, 5) is 12.1. The minimum absolute atomic E-state index is 0.0226. The van der Waals surface area contributed by atoms with Crippen molar-refractivity contribution >= 4 is 27.5 Å². The fourth-order valence-corrected chi connectivity index (χ4v) is 2.38. The lowest BCUT2D eigenvalue weighted by Gasteiger charge is -2.10. The van der Waals surface area contributed by atoms with E-state index in [1.165, 1.54) is 0 Å². The maximum absolute atomic E-state index is 13.7. The van der Waals surface area contributed by atoms with Crippen LogP contribution in [0.3, 0.4) is 0 Å². The van der Waals surface area contributed by atoms with Gasteiger partial charge in [0.1, 0.15) is 17.3 Å². The molecule has 1 amide bonds. The average Bonchev–Trinajstić information content (AvgIpc) is 3.13. The predicted octanol–water partition coefficient (Wildman–Crippen LogP) is 4.12. The minimum atomic E-state index is -0.684. The molecule has 0 bridgehead atoms. The summed E-state index contributed by atoms with van der Waals surface area (Å²) in [5.74, 6) is -1.75. The number of rotatable bonds is 3. The Morgan fingerprint density at radius 2 is 2.05 bits per heavy atom. The van der Waals surface area contributed by atoms with Crippen LogP contribution in [0.1, 0.15) is 29.4 Å². The number of hydrogen-bond donors (Lipinski definition) is 1. The van der Waals surface area contributed by atoms with Gasteiger partial charge in [-0.2, -0.15) is 0 Å². The fourth-order valence-electron chi connectivity index (χ4n) is 2.06. The van der Waals surface area contributed by atoms with Gasteiger partial charge < -0.3 is 9.88 Å². The van der Waals surface area contributed by atoms with E-state index >= 15 is 0 Å². The molecule has 3 rings (SSSR count). The molecule has 0 spiro atoms. The van der Waals surface area contributed by atoms with E-state index in [9.17, 15) is 13.6 Å². The van der Waals surface area contributed by atoms with Gasteiger partial charge in [0.05, 0.1) is 10.2 Å². The van der Waals surface area contributed by atoms with Gasteiger partial charge in [-0.05, 0) is 47.0 Å². The number of benzene rings is 1. The van der Waals surface area contributed by atoms with Crippen LogP contribution in [0.2, 0.25) is 0 Å². The second kappa shape index (κ2) is 5.01. The molecule has 1 aliphatic carbocycles. The molecule has 6 heteroatoms.